The molecule has 2 N–H and O–H groups in total. The molecule has 1 aliphatic heterocycles. The van der Waals surface area contributed by atoms with E-state index in [1.165, 1.54) is 4.90 Å². The Morgan fingerprint density at radius 3 is 2.67 bits per heavy atom. The smallest absolute Gasteiger partial charge is 0.256 e. The number of aliphatic hydroxyl groups excluding tert-OH is 1. The minimum absolute atomic E-state index is 0.117. The molecule has 3 rings (SSSR count). The monoisotopic (exact) mass is 283 g/mol. The molecule has 2 aromatic rings. The largest absolute Gasteiger partial charge is 0.508 e. The first-order valence-electron chi connectivity index (χ1n) is 7.02. The molecule has 108 valence electrons. The van der Waals surface area contributed by atoms with Crippen LogP contribution in [0.2, 0.25) is 0 Å². The second kappa shape index (κ2) is 5.58. The molecular formula is C17H17NO3. The number of aliphatic hydroxyl groups is 1. The van der Waals surface area contributed by atoms with E-state index in [-0.39, 0.29) is 11.7 Å². The van der Waals surface area contributed by atoms with Crippen LogP contribution >= 0.6 is 0 Å². The number of rotatable bonds is 4. The van der Waals surface area contributed by atoms with Crippen LogP contribution in [0.15, 0.2) is 48.5 Å². The van der Waals surface area contributed by atoms with Gasteiger partial charge in [-0.1, -0.05) is 30.3 Å². The highest BCUT2D eigenvalue weighted by molar-refractivity contribution is 5.98. The van der Waals surface area contributed by atoms with Crippen LogP contribution in [0.3, 0.4) is 0 Å². The Labute approximate surface area is 123 Å². The summed E-state index contributed by atoms with van der Waals surface area (Å²) in [5, 5.41) is 19.6. The molecule has 1 heterocycles. The zero-order valence-electron chi connectivity index (χ0n) is 11.6. The zero-order valence-corrected chi connectivity index (χ0v) is 11.6. The van der Waals surface area contributed by atoms with E-state index in [1.54, 1.807) is 36.4 Å². The average Bonchev–Trinajstić information content (AvgIpc) is 2.73. The molecule has 0 spiro atoms. The molecule has 0 bridgehead atoms. The molecule has 21 heavy (non-hydrogen) atoms. The molecule has 0 saturated heterocycles. The van der Waals surface area contributed by atoms with Crippen molar-refractivity contribution in [2.75, 3.05) is 6.54 Å². The molecule has 0 radical (unpaired) electrons. The summed E-state index contributed by atoms with van der Waals surface area (Å²) in [4.78, 5) is 13.7. The predicted molar refractivity (Wildman–Crippen MR) is 78.9 cm³/mol. The Hall–Kier alpha value is -2.33. The molecule has 4 nitrogen and oxygen atoms in total. The van der Waals surface area contributed by atoms with Crippen LogP contribution in [0.4, 0.5) is 0 Å². The van der Waals surface area contributed by atoms with Crippen LogP contribution < -0.4 is 0 Å². The molecule has 0 saturated carbocycles. The van der Waals surface area contributed by atoms with E-state index in [0.717, 1.165) is 18.4 Å². The normalized spacial score (nSPS) is 17.1. The number of carbonyl (C=O) groups is 1. The number of aryl methyl sites for hydroxylation is 1. The lowest BCUT2D eigenvalue weighted by Crippen LogP contribution is -2.29. The number of hydrogen-bond acceptors (Lipinski definition) is 3. The molecule has 1 aliphatic rings. The van der Waals surface area contributed by atoms with Gasteiger partial charge in [0, 0.05) is 17.7 Å². The Morgan fingerprint density at radius 2 is 1.90 bits per heavy atom. The summed E-state index contributed by atoms with van der Waals surface area (Å²) >= 11 is 0. The number of nitrogens with zero attached hydrogens (tertiary/aromatic N) is 1. The second-order valence-electron chi connectivity index (χ2n) is 5.23. The fraction of sp³-hybridized carbons (Fsp3) is 0.235. The third kappa shape index (κ3) is 2.62. The van der Waals surface area contributed by atoms with Crippen molar-refractivity contribution in [1.29, 1.82) is 0 Å². The van der Waals surface area contributed by atoms with Gasteiger partial charge in [-0.25, -0.2) is 0 Å². The van der Waals surface area contributed by atoms with Gasteiger partial charge in [-0.15, -0.1) is 0 Å². The van der Waals surface area contributed by atoms with Crippen molar-refractivity contribution >= 4 is 5.91 Å². The van der Waals surface area contributed by atoms with E-state index in [9.17, 15) is 15.0 Å². The van der Waals surface area contributed by atoms with Crippen molar-refractivity contribution in [3.05, 3.63) is 65.2 Å². The van der Waals surface area contributed by atoms with Gasteiger partial charge in [-0.2, -0.15) is 0 Å². The fourth-order valence-corrected chi connectivity index (χ4v) is 2.74. The standard InChI is InChI=1S/C17H17NO3/c19-13-7-3-5-12(11-13)6-4-10-18-16(20)14-8-1-2-9-15(14)17(18)21/h1-3,5,7-9,11,16,19-20H,4,6,10H2. The topological polar surface area (TPSA) is 60.8 Å². The lowest BCUT2D eigenvalue weighted by Gasteiger charge is -2.20. The van der Waals surface area contributed by atoms with Crippen molar-refractivity contribution in [2.24, 2.45) is 0 Å². The summed E-state index contributed by atoms with van der Waals surface area (Å²) in [6.45, 7) is 0.490. The lowest BCUT2D eigenvalue weighted by molar-refractivity contribution is 0.0172. The van der Waals surface area contributed by atoms with E-state index < -0.39 is 6.23 Å². The minimum Gasteiger partial charge on any atom is -0.508 e. The summed E-state index contributed by atoms with van der Waals surface area (Å²) < 4.78 is 0. The van der Waals surface area contributed by atoms with E-state index >= 15 is 0 Å². The Morgan fingerprint density at radius 1 is 1.10 bits per heavy atom. The maximum atomic E-state index is 12.2. The van der Waals surface area contributed by atoms with Gasteiger partial charge >= 0.3 is 0 Å². The van der Waals surface area contributed by atoms with Gasteiger partial charge in [0.15, 0.2) is 6.23 Å². The van der Waals surface area contributed by atoms with E-state index in [4.69, 9.17) is 0 Å². The van der Waals surface area contributed by atoms with Gasteiger partial charge in [-0.3, -0.25) is 4.79 Å². The summed E-state index contributed by atoms with van der Waals surface area (Å²) in [5.74, 6) is 0.131. The third-order valence-electron chi connectivity index (χ3n) is 3.80. The van der Waals surface area contributed by atoms with Crippen LogP contribution in [0.1, 0.15) is 34.1 Å². The van der Waals surface area contributed by atoms with Crippen molar-refractivity contribution in [2.45, 2.75) is 19.1 Å². The number of phenols is 1. The molecule has 1 unspecified atom stereocenters. The van der Waals surface area contributed by atoms with Gasteiger partial charge < -0.3 is 15.1 Å². The first-order valence-corrected chi connectivity index (χ1v) is 7.02. The highest BCUT2D eigenvalue weighted by atomic mass is 16.3. The third-order valence-corrected chi connectivity index (χ3v) is 3.80. The van der Waals surface area contributed by atoms with Gasteiger partial charge in [0.2, 0.25) is 0 Å². The maximum absolute atomic E-state index is 12.2. The molecule has 0 fully saturated rings. The van der Waals surface area contributed by atoms with Gasteiger partial charge in [0.05, 0.1) is 0 Å². The molecular weight excluding hydrogens is 266 g/mol. The summed E-state index contributed by atoms with van der Waals surface area (Å²) in [7, 11) is 0. The average molecular weight is 283 g/mol. The Bertz CT molecular complexity index is 669. The highest BCUT2D eigenvalue weighted by Crippen LogP contribution is 2.31. The Kier molecular flexibility index (Phi) is 3.62. The van der Waals surface area contributed by atoms with Crippen LogP contribution in [0, 0.1) is 0 Å². The zero-order chi connectivity index (χ0) is 14.8. The van der Waals surface area contributed by atoms with Crippen LogP contribution in [0.25, 0.3) is 0 Å². The SMILES string of the molecule is O=C1c2ccccc2C(O)N1CCCc1cccc(O)c1. The molecule has 4 heteroatoms. The van der Waals surface area contributed by atoms with Gasteiger partial charge in [-0.05, 0) is 36.6 Å². The van der Waals surface area contributed by atoms with Crippen molar-refractivity contribution in [3.8, 4) is 5.75 Å². The second-order valence-corrected chi connectivity index (χ2v) is 5.23. The van der Waals surface area contributed by atoms with Crippen molar-refractivity contribution in [3.63, 3.8) is 0 Å². The molecule has 0 aromatic heterocycles. The van der Waals surface area contributed by atoms with Crippen LogP contribution in [-0.2, 0) is 6.42 Å². The fourth-order valence-electron chi connectivity index (χ4n) is 2.74. The maximum Gasteiger partial charge on any atom is 0.256 e. The number of fused-ring (bicyclic) bond motifs is 1. The summed E-state index contributed by atoms with van der Waals surface area (Å²) in [6, 6.07) is 14.3. The Balaban J connectivity index is 1.63. The first-order chi connectivity index (χ1) is 10.2. The number of benzene rings is 2. The minimum atomic E-state index is -0.849. The van der Waals surface area contributed by atoms with Crippen LogP contribution in [-0.4, -0.2) is 27.6 Å². The van der Waals surface area contributed by atoms with Gasteiger partial charge in [0.1, 0.15) is 5.75 Å². The number of aromatic hydroxyl groups is 1. The predicted octanol–water partition coefficient (Wildman–Crippen LogP) is 2.47. The summed E-state index contributed by atoms with van der Waals surface area (Å²) in [5.41, 5.74) is 2.29. The van der Waals surface area contributed by atoms with E-state index in [1.807, 2.05) is 12.1 Å². The number of carbonyl (C=O) groups excluding carboxylic acids is 1. The van der Waals surface area contributed by atoms with Crippen LogP contribution in [0.5, 0.6) is 5.75 Å². The van der Waals surface area contributed by atoms with E-state index in [0.29, 0.717) is 17.7 Å². The number of amides is 1. The molecule has 1 atom stereocenters. The first kappa shape index (κ1) is 13.6. The van der Waals surface area contributed by atoms with Gasteiger partial charge in [0.25, 0.3) is 5.91 Å². The summed E-state index contributed by atoms with van der Waals surface area (Å²) in [6.07, 6.45) is 0.638. The highest BCUT2D eigenvalue weighted by Gasteiger charge is 2.34. The number of hydrogen-bond donors (Lipinski definition) is 2. The van der Waals surface area contributed by atoms with E-state index in [2.05, 4.69) is 0 Å². The molecule has 1 amide bonds. The van der Waals surface area contributed by atoms with Crippen molar-refractivity contribution in [1.82, 2.24) is 4.90 Å². The quantitative estimate of drug-likeness (QED) is 0.906. The molecule has 2 aromatic carbocycles. The lowest BCUT2D eigenvalue weighted by atomic mass is 10.1. The molecule has 0 aliphatic carbocycles. The van der Waals surface area contributed by atoms with Crippen molar-refractivity contribution < 1.29 is 15.0 Å². The number of phenolic OH excluding ortho intramolecular Hbond substituents is 1.